The lowest BCUT2D eigenvalue weighted by Gasteiger charge is -2.29. The van der Waals surface area contributed by atoms with Gasteiger partial charge in [0.2, 0.25) is 11.8 Å². The number of benzene rings is 2. The standard InChI is InChI=1S/C20H19N3O5S/c1-12-5-7-13(8-6-12)29(27,28)22-16-4-2-3-14-15(16)11-23(20(14)26)17-9-10-18(24)21-19(17)25/h2-8,17,22H,9-11H2,1H3,(H,21,24,25). The summed E-state index contributed by atoms with van der Waals surface area (Å²) in [5.41, 5.74) is 2.10. The SMILES string of the molecule is Cc1ccc(S(=O)(=O)Nc2cccc3c2CN(C2CCC(=O)NC2=O)C3=O)cc1. The molecule has 2 aromatic carbocycles. The fourth-order valence-corrected chi connectivity index (χ4v) is 4.70. The van der Waals surface area contributed by atoms with E-state index in [0.717, 1.165) is 5.56 Å². The van der Waals surface area contributed by atoms with Gasteiger partial charge in [0, 0.05) is 24.1 Å². The van der Waals surface area contributed by atoms with E-state index in [2.05, 4.69) is 10.0 Å². The Labute approximate surface area is 168 Å². The summed E-state index contributed by atoms with van der Waals surface area (Å²) in [5.74, 6) is -1.22. The lowest BCUT2D eigenvalue weighted by molar-refractivity contribution is -0.136. The van der Waals surface area contributed by atoms with Crippen molar-refractivity contribution in [3.63, 3.8) is 0 Å². The number of nitrogens with zero attached hydrogens (tertiary/aromatic N) is 1. The van der Waals surface area contributed by atoms with Crippen molar-refractivity contribution in [2.45, 2.75) is 37.2 Å². The van der Waals surface area contributed by atoms with Gasteiger partial charge in [0.1, 0.15) is 6.04 Å². The van der Waals surface area contributed by atoms with Crippen molar-refractivity contribution in [2.24, 2.45) is 0 Å². The summed E-state index contributed by atoms with van der Waals surface area (Å²) >= 11 is 0. The summed E-state index contributed by atoms with van der Waals surface area (Å²) in [6.07, 6.45) is 0.401. The van der Waals surface area contributed by atoms with Gasteiger partial charge in [-0.05, 0) is 37.6 Å². The normalized spacial score (nSPS) is 19.1. The molecule has 2 aliphatic rings. The molecule has 0 aliphatic carbocycles. The highest BCUT2D eigenvalue weighted by Gasteiger charge is 2.40. The van der Waals surface area contributed by atoms with Crippen LogP contribution >= 0.6 is 0 Å². The van der Waals surface area contributed by atoms with E-state index < -0.39 is 22.0 Å². The quantitative estimate of drug-likeness (QED) is 0.739. The summed E-state index contributed by atoms with van der Waals surface area (Å²) in [4.78, 5) is 37.9. The van der Waals surface area contributed by atoms with Gasteiger partial charge in [0.05, 0.1) is 10.6 Å². The van der Waals surface area contributed by atoms with Gasteiger partial charge in [0.15, 0.2) is 0 Å². The first-order valence-electron chi connectivity index (χ1n) is 9.12. The van der Waals surface area contributed by atoms with Gasteiger partial charge < -0.3 is 4.90 Å². The lowest BCUT2D eigenvalue weighted by Crippen LogP contribution is -2.52. The third kappa shape index (κ3) is 3.49. The van der Waals surface area contributed by atoms with Gasteiger partial charge >= 0.3 is 0 Å². The Bertz CT molecular complexity index is 1130. The van der Waals surface area contributed by atoms with E-state index in [1.165, 1.54) is 17.0 Å². The second kappa shape index (κ2) is 7.00. The van der Waals surface area contributed by atoms with Gasteiger partial charge in [-0.1, -0.05) is 23.8 Å². The minimum atomic E-state index is -3.83. The zero-order chi connectivity index (χ0) is 20.8. The molecule has 2 aliphatic heterocycles. The average Bonchev–Trinajstić information content (AvgIpc) is 3.00. The molecule has 1 atom stereocenters. The number of carbonyl (C=O) groups is 3. The summed E-state index contributed by atoms with van der Waals surface area (Å²) in [6, 6.07) is 10.5. The Kier molecular flexibility index (Phi) is 4.62. The van der Waals surface area contributed by atoms with Gasteiger partial charge in [-0.2, -0.15) is 0 Å². The Morgan fingerprint density at radius 1 is 1.07 bits per heavy atom. The van der Waals surface area contributed by atoms with Crippen LogP contribution in [-0.2, 0) is 26.2 Å². The van der Waals surface area contributed by atoms with Crippen LogP contribution in [0.15, 0.2) is 47.4 Å². The van der Waals surface area contributed by atoms with Gasteiger partial charge in [0.25, 0.3) is 15.9 Å². The number of sulfonamides is 1. The van der Waals surface area contributed by atoms with E-state index in [-0.39, 0.29) is 36.1 Å². The Balaban J connectivity index is 1.63. The van der Waals surface area contributed by atoms with Crippen LogP contribution in [-0.4, -0.2) is 37.1 Å². The largest absolute Gasteiger partial charge is 0.322 e. The van der Waals surface area contributed by atoms with Crippen molar-refractivity contribution in [1.82, 2.24) is 10.2 Å². The van der Waals surface area contributed by atoms with Crippen LogP contribution in [0, 0.1) is 6.92 Å². The number of hydrogen-bond acceptors (Lipinski definition) is 5. The average molecular weight is 413 g/mol. The second-order valence-electron chi connectivity index (χ2n) is 7.15. The molecule has 0 spiro atoms. The number of fused-ring (bicyclic) bond motifs is 1. The molecule has 150 valence electrons. The van der Waals surface area contributed by atoms with Crippen LogP contribution in [0.1, 0.15) is 34.3 Å². The molecule has 1 saturated heterocycles. The highest BCUT2D eigenvalue weighted by Crippen LogP contribution is 2.33. The van der Waals surface area contributed by atoms with Crippen molar-refractivity contribution < 1.29 is 22.8 Å². The minimum absolute atomic E-state index is 0.0903. The predicted molar refractivity (Wildman–Crippen MR) is 104 cm³/mol. The van der Waals surface area contributed by atoms with Crippen LogP contribution in [0.25, 0.3) is 0 Å². The molecule has 2 aromatic rings. The molecular weight excluding hydrogens is 394 g/mol. The molecule has 0 radical (unpaired) electrons. The number of piperidine rings is 1. The third-order valence-corrected chi connectivity index (χ3v) is 6.54. The fraction of sp³-hybridized carbons (Fsp3) is 0.250. The molecular formula is C20H19N3O5S. The summed E-state index contributed by atoms with van der Waals surface area (Å²) < 4.78 is 28.1. The second-order valence-corrected chi connectivity index (χ2v) is 8.83. The number of nitrogens with one attached hydrogen (secondary N) is 2. The van der Waals surface area contributed by atoms with Gasteiger partial charge in [-0.3, -0.25) is 24.4 Å². The first-order valence-corrected chi connectivity index (χ1v) is 10.6. The van der Waals surface area contributed by atoms with Crippen molar-refractivity contribution in [3.8, 4) is 0 Å². The van der Waals surface area contributed by atoms with Crippen molar-refractivity contribution >= 4 is 33.4 Å². The smallest absolute Gasteiger partial charge is 0.261 e. The fourth-order valence-electron chi connectivity index (χ4n) is 3.60. The molecule has 2 heterocycles. The molecule has 0 bridgehead atoms. The molecule has 8 nitrogen and oxygen atoms in total. The zero-order valence-corrected chi connectivity index (χ0v) is 16.5. The maximum atomic E-state index is 12.8. The first-order chi connectivity index (χ1) is 13.8. The molecule has 3 amide bonds. The number of amides is 3. The monoisotopic (exact) mass is 413 g/mol. The van der Waals surface area contributed by atoms with Crippen LogP contribution < -0.4 is 10.0 Å². The number of hydrogen-bond donors (Lipinski definition) is 2. The van der Waals surface area contributed by atoms with Crippen LogP contribution in [0.3, 0.4) is 0 Å². The molecule has 4 rings (SSSR count). The molecule has 2 N–H and O–H groups in total. The van der Waals surface area contributed by atoms with E-state index in [1.54, 1.807) is 30.3 Å². The molecule has 29 heavy (non-hydrogen) atoms. The zero-order valence-electron chi connectivity index (χ0n) is 15.6. The number of carbonyl (C=O) groups excluding carboxylic acids is 3. The van der Waals surface area contributed by atoms with Gasteiger partial charge in [-0.15, -0.1) is 0 Å². The lowest BCUT2D eigenvalue weighted by atomic mass is 10.0. The van der Waals surface area contributed by atoms with Crippen LogP contribution in [0.4, 0.5) is 5.69 Å². The predicted octanol–water partition coefficient (Wildman–Crippen LogP) is 1.56. The van der Waals surface area contributed by atoms with E-state index in [0.29, 0.717) is 16.8 Å². The molecule has 0 aromatic heterocycles. The Morgan fingerprint density at radius 2 is 1.79 bits per heavy atom. The summed E-state index contributed by atoms with van der Waals surface area (Å²) in [6.45, 7) is 1.95. The molecule has 9 heteroatoms. The number of imide groups is 1. The van der Waals surface area contributed by atoms with Gasteiger partial charge in [-0.25, -0.2) is 8.42 Å². The van der Waals surface area contributed by atoms with E-state index in [9.17, 15) is 22.8 Å². The first kappa shape index (κ1) is 19.1. The van der Waals surface area contributed by atoms with E-state index >= 15 is 0 Å². The molecule has 1 unspecified atom stereocenters. The summed E-state index contributed by atoms with van der Waals surface area (Å²) in [7, 11) is -3.83. The van der Waals surface area contributed by atoms with Crippen molar-refractivity contribution in [1.29, 1.82) is 0 Å². The number of anilines is 1. The topological polar surface area (TPSA) is 113 Å². The summed E-state index contributed by atoms with van der Waals surface area (Å²) in [5, 5.41) is 2.25. The maximum Gasteiger partial charge on any atom is 0.261 e. The number of rotatable bonds is 4. The minimum Gasteiger partial charge on any atom is -0.322 e. The molecule has 0 saturated carbocycles. The molecule has 1 fully saturated rings. The van der Waals surface area contributed by atoms with Crippen LogP contribution in [0.2, 0.25) is 0 Å². The Hall–Kier alpha value is -3.20. The van der Waals surface area contributed by atoms with Crippen LogP contribution in [0.5, 0.6) is 0 Å². The van der Waals surface area contributed by atoms with Crippen molar-refractivity contribution in [3.05, 3.63) is 59.2 Å². The highest BCUT2D eigenvalue weighted by molar-refractivity contribution is 7.92. The number of aryl methyl sites for hydroxylation is 1. The van der Waals surface area contributed by atoms with Crippen molar-refractivity contribution in [2.75, 3.05) is 4.72 Å². The van der Waals surface area contributed by atoms with E-state index in [4.69, 9.17) is 0 Å². The highest BCUT2D eigenvalue weighted by atomic mass is 32.2. The Morgan fingerprint density at radius 3 is 2.48 bits per heavy atom. The maximum absolute atomic E-state index is 12.8. The third-order valence-electron chi connectivity index (χ3n) is 5.16. The van der Waals surface area contributed by atoms with E-state index in [1.807, 2.05) is 6.92 Å².